The van der Waals surface area contributed by atoms with Gasteiger partial charge in [0, 0.05) is 17.3 Å². The molecule has 4 rings (SSSR count). The molecule has 1 amide bonds. The average Bonchev–Trinajstić information content (AvgIpc) is 3.33. The van der Waals surface area contributed by atoms with Gasteiger partial charge in [-0.2, -0.15) is 0 Å². The molecule has 5 heteroatoms. The Morgan fingerprint density at radius 3 is 2.33 bits per heavy atom. The Kier molecular flexibility index (Phi) is 5.23. The number of thiophene rings is 1. The van der Waals surface area contributed by atoms with Crippen molar-refractivity contribution in [1.29, 1.82) is 0 Å². The van der Waals surface area contributed by atoms with Gasteiger partial charge < -0.3 is 15.2 Å². The van der Waals surface area contributed by atoms with Crippen LogP contribution in [0.25, 0.3) is 11.1 Å². The number of carbonyl (C=O) groups is 1. The zero-order chi connectivity index (χ0) is 18.6. The molecule has 1 aromatic heterocycles. The first kappa shape index (κ1) is 17.8. The Hall–Kier alpha value is -2.63. The zero-order valence-corrected chi connectivity index (χ0v) is 15.6. The predicted molar refractivity (Wildman–Crippen MR) is 107 cm³/mol. The van der Waals surface area contributed by atoms with E-state index in [0.717, 1.165) is 4.88 Å². The van der Waals surface area contributed by atoms with Gasteiger partial charge in [-0.1, -0.05) is 54.6 Å². The van der Waals surface area contributed by atoms with Crippen molar-refractivity contribution in [1.82, 2.24) is 5.32 Å². The van der Waals surface area contributed by atoms with Crippen LogP contribution in [0.15, 0.2) is 66.0 Å². The highest BCUT2D eigenvalue weighted by molar-refractivity contribution is 7.10. The smallest absolute Gasteiger partial charge is 0.407 e. The summed E-state index contributed by atoms with van der Waals surface area (Å²) in [5, 5.41) is 14.7. The number of alkyl carbamates (subject to hydrolysis) is 1. The molecule has 0 aliphatic heterocycles. The molecule has 2 N–H and O–H groups in total. The number of hydrogen-bond acceptors (Lipinski definition) is 4. The van der Waals surface area contributed by atoms with E-state index < -0.39 is 12.2 Å². The Labute approximate surface area is 162 Å². The molecule has 4 nitrogen and oxygen atoms in total. The fourth-order valence-electron chi connectivity index (χ4n) is 3.58. The van der Waals surface area contributed by atoms with E-state index in [1.807, 2.05) is 41.8 Å². The number of hydrogen-bond donors (Lipinski definition) is 2. The van der Waals surface area contributed by atoms with Crippen LogP contribution in [-0.2, 0) is 4.74 Å². The normalized spacial score (nSPS) is 13.7. The molecular formula is C22H21NO3S. The van der Waals surface area contributed by atoms with Crippen LogP contribution in [-0.4, -0.2) is 24.4 Å². The molecular weight excluding hydrogens is 358 g/mol. The molecule has 0 radical (unpaired) electrons. The second-order valence-corrected chi connectivity index (χ2v) is 7.55. The fraction of sp³-hybridized carbons (Fsp3) is 0.227. The van der Waals surface area contributed by atoms with Crippen molar-refractivity contribution in [2.75, 3.05) is 13.2 Å². The van der Waals surface area contributed by atoms with Crippen molar-refractivity contribution in [3.8, 4) is 11.1 Å². The highest BCUT2D eigenvalue weighted by Gasteiger charge is 2.28. The summed E-state index contributed by atoms with van der Waals surface area (Å²) in [6.07, 6.45) is -0.542. The van der Waals surface area contributed by atoms with Crippen LogP contribution >= 0.6 is 11.3 Å². The molecule has 1 unspecified atom stereocenters. The number of aliphatic hydroxyl groups is 1. The number of benzene rings is 2. The summed E-state index contributed by atoms with van der Waals surface area (Å²) in [5.74, 6) is 0.0554. The maximum absolute atomic E-state index is 12.1. The Morgan fingerprint density at radius 1 is 1.04 bits per heavy atom. The Morgan fingerprint density at radius 2 is 1.70 bits per heavy atom. The third-order valence-corrected chi connectivity index (χ3v) is 5.88. The summed E-state index contributed by atoms with van der Waals surface area (Å²) in [6, 6.07) is 20.3. The lowest BCUT2D eigenvalue weighted by molar-refractivity contribution is 0.137. The highest BCUT2D eigenvalue weighted by atomic mass is 32.1. The van der Waals surface area contributed by atoms with E-state index in [4.69, 9.17) is 4.74 Å². The molecule has 0 saturated heterocycles. The maximum atomic E-state index is 12.1. The monoisotopic (exact) mass is 379 g/mol. The summed E-state index contributed by atoms with van der Waals surface area (Å²) in [5.41, 5.74) is 4.81. The molecule has 3 aromatic rings. The van der Waals surface area contributed by atoms with Crippen LogP contribution in [0.4, 0.5) is 4.79 Å². The number of aliphatic hydroxyl groups excluding tert-OH is 1. The number of fused-ring (bicyclic) bond motifs is 3. The maximum Gasteiger partial charge on any atom is 0.407 e. The molecule has 1 aliphatic carbocycles. The van der Waals surface area contributed by atoms with E-state index in [1.165, 1.54) is 33.6 Å². The van der Waals surface area contributed by atoms with Gasteiger partial charge >= 0.3 is 6.09 Å². The highest BCUT2D eigenvalue weighted by Crippen LogP contribution is 2.44. The largest absolute Gasteiger partial charge is 0.449 e. The predicted octanol–water partition coefficient (Wildman–Crippen LogP) is 4.71. The molecule has 0 fully saturated rings. The van der Waals surface area contributed by atoms with E-state index >= 15 is 0 Å². The minimum Gasteiger partial charge on any atom is -0.449 e. The number of amides is 1. The topological polar surface area (TPSA) is 58.6 Å². The fourth-order valence-corrected chi connectivity index (χ4v) is 4.33. The molecule has 0 spiro atoms. The second-order valence-electron chi connectivity index (χ2n) is 6.57. The molecule has 0 saturated carbocycles. The number of nitrogens with one attached hydrogen (secondary N) is 1. The lowest BCUT2D eigenvalue weighted by Crippen LogP contribution is -2.27. The van der Waals surface area contributed by atoms with Gasteiger partial charge in [0.2, 0.25) is 0 Å². The van der Waals surface area contributed by atoms with Gasteiger partial charge in [0.05, 0.1) is 6.10 Å². The lowest BCUT2D eigenvalue weighted by Gasteiger charge is -2.15. The first-order valence-electron chi connectivity index (χ1n) is 9.04. The molecule has 1 aliphatic rings. The van der Waals surface area contributed by atoms with Gasteiger partial charge in [0.15, 0.2) is 0 Å². The van der Waals surface area contributed by atoms with Crippen molar-refractivity contribution in [2.45, 2.75) is 18.4 Å². The van der Waals surface area contributed by atoms with E-state index in [9.17, 15) is 9.90 Å². The van der Waals surface area contributed by atoms with Crippen molar-refractivity contribution >= 4 is 17.4 Å². The van der Waals surface area contributed by atoms with Crippen molar-refractivity contribution in [2.24, 2.45) is 0 Å². The van der Waals surface area contributed by atoms with Crippen LogP contribution in [0.1, 0.15) is 34.4 Å². The van der Waals surface area contributed by atoms with Gasteiger partial charge in [-0.25, -0.2) is 4.79 Å². The third kappa shape index (κ3) is 3.75. The standard InChI is InChI=1S/C22H21NO3S/c24-20(21-10-5-13-27-21)11-12-23-22(25)26-14-19-17-8-3-1-6-15(17)16-7-2-4-9-18(16)19/h1-10,13,19-20,24H,11-12,14H2,(H,23,25). The lowest BCUT2D eigenvalue weighted by atomic mass is 9.98. The summed E-state index contributed by atoms with van der Waals surface area (Å²) in [7, 11) is 0. The van der Waals surface area contributed by atoms with Crippen LogP contribution in [0.5, 0.6) is 0 Å². The van der Waals surface area contributed by atoms with Gasteiger partial charge in [0.1, 0.15) is 6.61 Å². The Balaban J connectivity index is 1.33. The summed E-state index contributed by atoms with van der Waals surface area (Å²) >= 11 is 1.51. The molecule has 27 heavy (non-hydrogen) atoms. The van der Waals surface area contributed by atoms with Crippen LogP contribution in [0.2, 0.25) is 0 Å². The van der Waals surface area contributed by atoms with E-state index in [0.29, 0.717) is 19.6 Å². The van der Waals surface area contributed by atoms with Crippen molar-refractivity contribution < 1.29 is 14.6 Å². The van der Waals surface area contributed by atoms with Gasteiger partial charge in [-0.3, -0.25) is 0 Å². The van der Waals surface area contributed by atoms with Gasteiger partial charge in [-0.05, 0) is 40.1 Å². The second kappa shape index (κ2) is 7.94. The first-order valence-corrected chi connectivity index (χ1v) is 9.92. The van der Waals surface area contributed by atoms with Gasteiger partial charge in [-0.15, -0.1) is 11.3 Å². The van der Waals surface area contributed by atoms with Crippen LogP contribution in [0.3, 0.4) is 0 Å². The quantitative estimate of drug-likeness (QED) is 0.652. The zero-order valence-electron chi connectivity index (χ0n) is 14.8. The van der Waals surface area contributed by atoms with E-state index in [2.05, 4.69) is 29.6 Å². The van der Waals surface area contributed by atoms with E-state index in [-0.39, 0.29) is 5.92 Å². The number of ether oxygens (including phenoxy) is 1. The minimum absolute atomic E-state index is 0.0554. The van der Waals surface area contributed by atoms with Gasteiger partial charge in [0.25, 0.3) is 0 Å². The SMILES string of the molecule is O=C(NCCC(O)c1cccs1)OCC1c2ccccc2-c2ccccc21. The Bertz CT molecular complexity index is 877. The molecule has 0 bridgehead atoms. The average molecular weight is 379 g/mol. The van der Waals surface area contributed by atoms with Crippen molar-refractivity contribution in [3.63, 3.8) is 0 Å². The molecule has 138 valence electrons. The van der Waals surface area contributed by atoms with Crippen LogP contribution < -0.4 is 5.32 Å². The number of rotatable bonds is 6. The molecule has 1 atom stereocenters. The van der Waals surface area contributed by atoms with E-state index in [1.54, 1.807) is 0 Å². The van der Waals surface area contributed by atoms with Crippen LogP contribution in [0, 0.1) is 0 Å². The minimum atomic E-state index is -0.557. The summed E-state index contributed by atoms with van der Waals surface area (Å²) in [6.45, 7) is 0.670. The summed E-state index contributed by atoms with van der Waals surface area (Å²) in [4.78, 5) is 13.0. The summed E-state index contributed by atoms with van der Waals surface area (Å²) < 4.78 is 5.48. The third-order valence-electron chi connectivity index (χ3n) is 4.90. The molecule has 1 heterocycles. The first-order chi connectivity index (χ1) is 13.2. The van der Waals surface area contributed by atoms with Crippen molar-refractivity contribution in [3.05, 3.63) is 82.0 Å². The number of carbonyl (C=O) groups excluding carboxylic acids is 1. The molecule has 2 aromatic carbocycles.